The lowest BCUT2D eigenvalue weighted by Gasteiger charge is -2.12. The number of hydrogen-bond acceptors (Lipinski definition) is 8. The van der Waals surface area contributed by atoms with Gasteiger partial charge in [0.05, 0.1) is 36.4 Å². The van der Waals surface area contributed by atoms with Gasteiger partial charge >= 0.3 is 0 Å². The van der Waals surface area contributed by atoms with Gasteiger partial charge in [-0.3, -0.25) is 4.79 Å². The van der Waals surface area contributed by atoms with Crippen LogP contribution in [0.2, 0.25) is 0 Å². The van der Waals surface area contributed by atoms with Crippen molar-refractivity contribution in [3.63, 3.8) is 0 Å². The first-order valence-corrected chi connectivity index (χ1v) is 10.1. The van der Waals surface area contributed by atoms with E-state index < -0.39 is 0 Å². The second-order valence-electron chi connectivity index (χ2n) is 7.26. The van der Waals surface area contributed by atoms with Gasteiger partial charge in [0.15, 0.2) is 17.3 Å². The third-order valence-corrected chi connectivity index (χ3v) is 4.99. The summed E-state index contributed by atoms with van der Waals surface area (Å²) in [7, 11) is 1.51. The topological polar surface area (TPSA) is 120 Å². The Morgan fingerprint density at radius 3 is 2.55 bits per heavy atom. The number of aromatic hydroxyl groups is 1. The third kappa shape index (κ3) is 4.93. The Balaban J connectivity index is 1.44. The number of phenols is 1. The summed E-state index contributed by atoms with van der Waals surface area (Å²) in [5.41, 5.74) is 3.12. The number of carbonyl (C=O) groups excluding carboxylic acids is 1. The first-order chi connectivity index (χ1) is 15.9. The number of anilines is 1. The Morgan fingerprint density at radius 1 is 1.09 bits per heavy atom. The zero-order valence-electron chi connectivity index (χ0n) is 18.3. The number of methoxy groups -OCH3 is 1. The van der Waals surface area contributed by atoms with Gasteiger partial charge in [0.2, 0.25) is 0 Å². The van der Waals surface area contributed by atoms with E-state index in [0.717, 1.165) is 11.3 Å². The fourth-order valence-electron chi connectivity index (χ4n) is 3.18. The molecule has 0 saturated heterocycles. The van der Waals surface area contributed by atoms with Gasteiger partial charge in [0, 0.05) is 11.1 Å². The van der Waals surface area contributed by atoms with Gasteiger partial charge in [-0.1, -0.05) is 17.3 Å². The van der Waals surface area contributed by atoms with Crippen molar-refractivity contribution in [3.8, 4) is 28.6 Å². The number of carbonyl (C=O) groups is 1. The highest BCUT2D eigenvalue weighted by Crippen LogP contribution is 2.30. The molecule has 0 spiro atoms. The van der Waals surface area contributed by atoms with E-state index in [-0.39, 0.29) is 18.3 Å². The molecule has 33 heavy (non-hydrogen) atoms. The fourth-order valence-corrected chi connectivity index (χ4v) is 3.18. The van der Waals surface area contributed by atoms with Crippen LogP contribution in [0.5, 0.6) is 17.2 Å². The van der Waals surface area contributed by atoms with Crippen LogP contribution in [0.3, 0.4) is 0 Å². The standard InChI is InChI=1S/C24H22N4O5/c1-14-20(15(2)33-28-14)13-32-21-8-7-17(10-22(21)31-3)24(30)27-18-11-25-23(26-12-18)16-5-4-6-19(29)9-16/h4-12,29H,13H2,1-3H3,(H,27,30). The Morgan fingerprint density at radius 2 is 1.88 bits per heavy atom. The van der Waals surface area contributed by atoms with Crippen molar-refractivity contribution >= 4 is 11.6 Å². The highest BCUT2D eigenvalue weighted by Gasteiger charge is 2.15. The van der Waals surface area contributed by atoms with E-state index >= 15 is 0 Å². The lowest BCUT2D eigenvalue weighted by molar-refractivity contribution is 0.102. The van der Waals surface area contributed by atoms with Gasteiger partial charge in [-0.15, -0.1) is 0 Å². The van der Waals surface area contributed by atoms with Crippen LogP contribution < -0.4 is 14.8 Å². The Bertz CT molecular complexity index is 1270. The van der Waals surface area contributed by atoms with Crippen LogP contribution in [-0.2, 0) is 6.61 Å². The number of benzene rings is 2. The zero-order valence-corrected chi connectivity index (χ0v) is 18.3. The molecule has 4 aromatic rings. The van der Waals surface area contributed by atoms with Gasteiger partial charge in [-0.2, -0.15) is 0 Å². The molecule has 2 heterocycles. The molecule has 2 N–H and O–H groups in total. The maximum Gasteiger partial charge on any atom is 0.255 e. The summed E-state index contributed by atoms with van der Waals surface area (Å²) < 4.78 is 16.4. The molecular formula is C24H22N4O5. The average molecular weight is 446 g/mol. The fraction of sp³-hybridized carbons (Fsp3) is 0.167. The first kappa shape index (κ1) is 21.8. The van der Waals surface area contributed by atoms with E-state index in [1.54, 1.807) is 42.5 Å². The summed E-state index contributed by atoms with van der Waals surface area (Å²) in [5.74, 6) is 1.82. The molecule has 0 bridgehead atoms. The molecule has 4 rings (SSSR count). The number of ether oxygens (including phenoxy) is 2. The number of hydrogen-bond donors (Lipinski definition) is 2. The van der Waals surface area contributed by atoms with Crippen molar-refractivity contribution in [2.45, 2.75) is 20.5 Å². The van der Waals surface area contributed by atoms with Crippen molar-refractivity contribution in [2.24, 2.45) is 0 Å². The number of phenolic OH excluding ortho intramolecular Hbond substituents is 1. The summed E-state index contributed by atoms with van der Waals surface area (Å²) in [4.78, 5) is 21.2. The van der Waals surface area contributed by atoms with Gasteiger partial charge < -0.3 is 24.4 Å². The van der Waals surface area contributed by atoms with E-state index in [1.165, 1.54) is 19.5 Å². The molecule has 0 saturated carbocycles. The minimum atomic E-state index is -0.348. The predicted octanol–water partition coefficient (Wildman–Crippen LogP) is 4.29. The molecule has 0 unspecified atom stereocenters. The van der Waals surface area contributed by atoms with Gasteiger partial charge in [0.1, 0.15) is 18.1 Å². The van der Waals surface area contributed by atoms with Crippen LogP contribution in [0, 0.1) is 13.8 Å². The van der Waals surface area contributed by atoms with Crippen molar-refractivity contribution in [1.29, 1.82) is 0 Å². The maximum atomic E-state index is 12.7. The average Bonchev–Trinajstić information content (AvgIpc) is 3.15. The number of nitrogens with one attached hydrogen (secondary N) is 1. The summed E-state index contributed by atoms with van der Waals surface area (Å²) in [5, 5.41) is 16.3. The summed E-state index contributed by atoms with van der Waals surface area (Å²) in [6.07, 6.45) is 3.01. The smallest absolute Gasteiger partial charge is 0.255 e. The van der Waals surface area contributed by atoms with Crippen LogP contribution >= 0.6 is 0 Å². The molecule has 0 aliphatic carbocycles. The molecule has 168 valence electrons. The highest BCUT2D eigenvalue weighted by atomic mass is 16.5. The number of aryl methyl sites for hydroxylation is 2. The van der Waals surface area contributed by atoms with E-state index in [9.17, 15) is 9.90 Å². The molecule has 0 aliphatic rings. The Kier molecular flexibility index (Phi) is 6.21. The lowest BCUT2D eigenvalue weighted by Crippen LogP contribution is -2.13. The molecule has 1 amide bonds. The van der Waals surface area contributed by atoms with Crippen LogP contribution in [0.1, 0.15) is 27.4 Å². The highest BCUT2D eigenvalue weighted by molar-refractivity contribution is 6.04. The van der Waals surface area contributed by atoms with Crippen LogP contribution in [0.4, 0.5) is 5.69 Å². The Hall–Kier alpha value is -4.40. The molecule has 0 fully saturated rings. The van der Waals surface area contributed by atoms with Crippen molar-refractivity contribution in [3.05, 3.63) is 77.4 Å². The number of aromatic nitrogens is 3. The molecule has 2 aromatic carbocycles. The molecule has 2 aromatic heterocycles. The Labute approximate surface area is 190 Å². The third-order valence-electron chi connectivity index (χ3n) is 4.99. The van der Waals surface area contributed by atoms with Crippen LogP contribution in [0.25, 0.3) is 11.4 Å². The largest absolute Gasteiger partial charge is 0.508 e. The van der Waals surface area contributed by atoms with Gasteiger partial charge in [0.25, 0.3) is 5.91 Å². The van der Waals surface area contributed by atoms with Crippen LogP contribution in [0.15, 0.2) is 59.4 Å². The number of rotatable bonds is 7. The summed E-state index contributed by atoms with van der Waals surface area (Å²) >= 11 is 0. The van der Waals surface area contributed by atoms with Crippen LogP contribution in [-0.4, -0.2) is 33.2 Å². The summed E-state index contributed by atoms with van der Waals surface area (Å²) in [6.45, 7) is 3.94. The maximum absolute atomic E-state index is 12.7. The lowest BCUT2D eigenvalue weighted by atomic mass is 10.1. The van der Waals surface area contributed by atoms with E-state index in [0.29, 0.717) is 39.9 Å². The minimum Gasteiger partial charge on any atom is -0.508 e. The monoisotopic (exact) mass is 446 g/mol. The SMILES string of the molecule is COc1cc(C(=O)Nc2cnc(-c3cccc(O)c3)nc2)ccc1OCc1c(C)noc1C. The quantitative estimate of drug-likeness (QED) is 0.431. The number of amides is 1. The second kappa shape index (κ2) is 9.39. The normalized spacial score (nSPS) is 10.6. The molecular weight excluding hydrogens is 424 g/mol. The minimum absolute atomic E-state index is 0.126. The van der Waals surface area contributed by atoms with E-state index in [2.05, 4.69) is 20.4 Å². The van der Waals surface area contributed by atoms with Gasteiger partial charge in [-0.25, -0.2) is 9.97 Å². The van der Waals surface area contributed by atoms with Crippen molar-refractivity contribution < 1.29 is 23.9 Å². The molecule has 0 radical (unpaired) electrons. The van der Waals surface area contributed by atoms with E-state index in [1.807, 2.05) is 13.8 Å². The first-order valence-electron chi connectivity index (χ1n) is 10.1. The zero-order chi connectivity index (χ0) is 23.4. The molecule has 0 atom stereocenters. The predicted molar refractivity (Wildman–Crippen MR) is 120 cm³/mol. The van der Waals surface area contributed by atoms with Crippen molar-refractivity contribution in [2.75, 3.05) is 12.4 Å². The van der Waals surface area contributed by atoms with Gasteiger partial charge in [-0.05, 0) is 44.2 Å². The second-order valence-corrected chi connectivity index (χ2v) is 7.26. The van der Waals surface area contributed by atoms with Crippen molar-refractivity contribution in [1.82, 2.24) is 15.1 Å². The molecule has 0 aliphatic heterocycles. The molecule has 9 heteroatoms. The number of nitrogens with zero attached hydrogens (tertiary/aromatic N) is 3. The summed E-state index contributed by atoms with van der Waals surface area (Å²) in [6, 6.07) is 11.5. The molecule has 9 nitrogen and oxygen atoms in total. The van der Waals surface area contributed by atoms with E-state index in [4.69, 9.17) is 14.0 Å².